The highest BCUT2D eigenvalue weighted by molar-refractivity contribution is 8.09. The van der Waals surface area contributed by atoms with Crippen molar-refractivity contribution in [1.29, 1.82) is 0 Å². The van der Waals surface area contributed by atoms with Crippen LogP contribution in [0.5, 0.6) is 5.75 Å². The summed E-state index contributed by atoms with van der Waals surface area (Å²) < 4.78 is 24.9. The van der Waals surface area contributed by atoms with Crippen molar-refractivity contribution in [2.45, 2.75) is 75.2 Å². The molecule has 0 radical (unpaired) electrons. The smallest absolute Gasteiger partial charge is 0.323 e. The van der Waals surface area contributed by atoms with Crippen molar-refractivity contribution in [1.82, 2.24) is 24.6 Å². The average Bonchev–Trinajstić information content (AvgIpc) is 3.51. The first-order chi connectivity index (χ1) is 20.5. The van der Waals surface area contributed by atoms with E-state index in [1.54, 1.807) is 37.3 Å². The molecule has 5 rings (SSSR count). The molecule has 2 fully saturated rings. The zero-order chi connectivity index (χ0) is 30.8. The lowest BCUT2D eigenvalue weighted by Crippen LogP contribution is -2.46. The van der Waals surface area contributed by atoms with Gasteiger partial charge in [-0.1, -0.05) is 30.5 Å². The van der Waals surface area contributed by atoms with Crippen molar-refractivity contribution in [3.63, 3.8) is 0 Å². The van der Waals surface area contributed by atoms with Gasteiger partial charge in [0.1, 0.15) is 30.1 Å². The largest absolute Gasteiger partial charge is 0.461 e. The van der Waals surface area contributed by atoms with Crippen molar-refractivity contribution in [3.05, 3.63) is 47.0 Å². The number of carbonyl (C=O) groups excluding carboxylic acids is 1. The second-order valence-corrected chi connectivity index (χ2v) is 13.6. The van der Waals surface area contributed by atoms with Crippen LogP contribution in [0.25, 0.3) is 11.2 Å². The number of fused-ring (bicyclic) bond motifs is 1. The van der Waals surface area contributed by atoms with Gasteiger partial charge in [0.05, 0.1) is 12.9 Å². The number of aromatic nitrogens is 4. The van der Waals surface area contributed by atoms with E-state index in [1.807, 2.05) is 0 Å². The molecule has 6 N–H and O–H groups in total. The predicted octanol–water partition coefficient (Wildman–Crippen LogP) is 1.50. The first-order valence-electron chi connectivity index (χ1n) is 13.8. The number of nitrogens with one attached hydrogen (secondary N) is 2. The predicted molar refractivity (Wildman–Crippen MR) is 159 cm³/mol. The summed E-state index contributed by atoms with van der Waals surface area (Å²) in [5.41, 5.74) is 2.72. The van der Waals surface area contributed by atoms with Crippen LogP contribution in [0.1, 0.15) is 45.3 Å². The molecule has 1 aliphatic heterocycles. The fraction of sp³-hybridized carbons (Fsp3) is 0.481. The SMILES string of the molecule is C#C[C@@]1(O)[C@H](O)[C@@H](COP(=S)(N[C@@H](C)C(=O)OC2CCCCC2)Oc2ccccc2)O[C@@H]1n1cnc2c(=O)[nH]c(N)nc21. The summed E-state index contributed by atoms with van der Waals surface area (Å²) in [7, 11) is 0. The number of rotatable bonds is 10. The highest BCUT2D eigenvalue weighted by atomic mass is 32.5. The van der Waals surface area contributed by atoms with E-state index in [4.69, 9.17) is 42.5 Å². The summed E-state index contributed by atoms with van der Waals surface area (Å²) in [4.78, 5) is 35.6. The topological polar surface area (TPSA) is 196 Å². The Labute approximate surface area is 252 Å². The lowest BCUT2D eigenvalue weighted by Gasteiger charge is -2.29. The molecule has 1 saturated carbocycles. The third-order valence-electron chi connectivity index (χ3n) is 7.34. The number of nitrogens with two attached hydrogens (primary N) is 1. The van der Waals surface area contributed by atoms with Gasteiger partial charge in [-0.2, -0.15) is 4.98 Å². The number of hydrogen-bond donors (Lipinski definition) is 5. The van der Waals surface area contributed by atoms with Crippen LogP contribution in [0.4, 0.5) is 5.95 Å². The Bertz CT molecular complexity index is 1610. The van der Waals surface area contributed by atoms with Gasteiger partial charge >= 0.3 is 12.6 Å². The molecule has 3 heterocycles. The van der Waals surface area contributed by atoms with Crippen LogP contribution in [0.3, 0.4) is 0 Å². The van der Waals surface area contributed by atoms with E-state index in [9.17, 15) is 19.8 Å². The zero-order valence-electron chi connectivity index (χ0n) is 23.3. The first kappa shape index (κ1) is 31.1. The highest BCUT2D eigenvalue weighted by Crippen LogP contribution is 2.47. The van der Waals surface area contributed by atoms with E-state index in [-0.39, 0.29) is 23.2 Å². The number of H-pyrrole nitrogens is 1. The molecule has 0 bridgehead atoms. The van der Waals surface area contributed by atoms with Gasteiger partial charge in [0.25, 0.3) is 5.56 Å². The number of aromatic amines is 1. The van der Waals surface area contributed by atoms with E-state index in [1.165, 1.54) is 10.9 Å². The van der Waals surface area contributed by atoms with Gasteiger partial charge in [-0.05, 0) is 56.5 Å². The maximum Gasteiger partial charge on any atom is 0.323 e. The summed E-state index contributed by atoms with van der Waals surface area (Å²) in [5.74, 6) is 1.88. The van der Waals surface area contributed by atoms with Gasteiger partial charge in [-0.15, -0.1) is 6.42 Å². The first-order valence-corrected chi connectivity index (χ1v) is 16.4. The molecular formula is C27H33N6O8PS. The minimum atomic E-state index is -3.50. The number of nitrogens with zero attached hydrogens (tertiary/aromatic N) is 3. The monoisotopic (exact) mass is 632 g/mol. The van der Waals surface area contributed by atoms with Gasteiger partial charge in [0.15, 0.2) is 23.0 Å². The standard InChI is InChI=1S/C27H33N6O8PS/c1-3-27(37)21(34)19(40-25(27)33-15-29-20-22(33)30-26(28)31-23(20)35)14-38-42(43,41-18-12-8-5-9-13-18)32-16(2)24(36)39-17-10-6-4-7-11-17/h1,5,8-9,12-13,15-17,19,21,25,34,37H,4,6-7,10-11,14H2,2H3,(H,32,43)(H3,28,30,31,35)/t16-,19+,21+,25-,27+,42?/m0/s1. The van der Waals surface area contributed by atoms with Crippen LogP contribution in [0, 0.1) is 12.3 Å². The Balaban J connectivity index is 1.35. The second-order valence-electron chi connectivity index (χ2n) is 10.5. The minimum Gasteiger partial charge on any atom is -0.461 e. The van der Waals surface area contributed by atoms with Crippen LogP contribution in [-0.4, -0.2) is 72.3 Å². The molecule has 1 saturated heterocycles. The van der Waals surface area contributed by atoms with Crippen LogP contribution >= 0.6 is 6.64 Å². The number of imidazole rings is 1. The Morgan fingerprint density at radius 2 is 2.09 bits per heavy atom. The summed E-state index contributed by atoms with van der Waals surface area (Å²) in [5, 5.41) is 25.4. The van der Waals surface area contributed by atoms with E-state index in [0.717, 1.165) is 32.1 Å². The normalized spacial score (nSPS) is 26.4. The number of nitrogen functional groups attached to an aromatic ring is 1. The fourth-order valence-electron chi connectivity index (χ4n) is 5.07. The molecule has 1 aliphatic carbocycles. The number of esters is 1. The third kappa shape index (κ3) is 6.61. The molecular weight excluding hydrogens is 599 g/mol. The molecule has 2 aliphatic rings. The van der Waals surface area contributed by atoms with Gasteiger partial charge in [-0.3, -0.25) is 19.1 Å². The second kappa shape index (κ2) is 12.7. The molecule has 3 aromatic rings. The molecule has 14 nitrogen and oxygen atoms in total. The number of carbonyl (C=O) groups is 1. The Morgan fingerprint density at radius 1 is 1.37 bits per heavy atom. The molecule has 1 unspecified atom stereocenters. The van der Waals surface area contributed by atoms with Crippen molar-refractivity contribution in [2.75, 3.05) is 12.3 Å². The molecule has 2 aromatic heterocycles. The van der Waals surface area contributed by atoms with E-state index in [2.05, 4.69) is 26.0 Å². The van der Waals surface area contributed by atoms with Crippen molar-refractivity contribution in [2.24, 2.45) is 0 Å². The number of terminal acetylenes is 1. The molecule has 6 atom stereocenters. The lowest BCUT2D eigenvalue weighted by atomic mass is 9.95. The van der Waals surface area contributed by atoms with Crippen molar-refractivity contribution < 1.29 is 33.5 Å². The summed E-state index contributed by atoms with van der Waals surface area (Å²) >= 11 is 5.77. The number of aliphatic hydroxyl groups excluding tert-OH is 1. The number of ether oxygens (including phenoxy) is 2. The number of aliphatic hydroxyl groups is 2. The third-order valence-corrected chi connectivity index (χ3v) is 9.84. The molecule has 0 amide bonds. The summed E-state index contributed by atoms with van der Waals surface area (Å²) in [6, 6.07) is 7.77. The number of benzene rings is 1. The highest BCUT2D eigenvalue weighted by Gasteiger charge is 2.56. The fourth-order valence-corrected chi connectivity index (χ4v) is 7.49. The van der Waals surface area contributed by atoms with Gasteiger partial charge in [-0.25, -0.2) is 10.1 Å². The summed E-state index contributed by atoms with van der Waals surface area (Å²) in [6.07, 6.45) is 7.10. The lowest BCUT2D eigenvalue weighted by molar-refractivity contribution is -0.152. The average molecular weight is 633 g/mol. The van der Waals surface area contributed by atoms with Crippen molar-refractivity contribution >= 4 is 41.5 Å². The molecule has 230 valence electrons. The van der Waals surface area contributed by atoms with Crippen LogP contribution in [0.2, 0.25) is 0 Å². The summed E-state index contributed by atoms with van der Waals surface area (Å²) in [6.45, 7) is -2.30. The van der Waals surface area contributed by atoms with Crippen LogP contribution in [-0.2, 0) is 30.6 Å². The van der Waals surface area contributed by atoms with Crippen LogP contribution in [0.15, 0.2) is 41.5 Å². The number of anilines is 1. The Morgan fingerprint density at radius 3 is 2.79 bits per heavy atom. The van der Waals surface area contributed by atoms with E-state index < -0.39 is 54.9 Å². The van der Waals surface area contributed by atoms with Gasteiger partial charge < -0.3 is 34.5 Å². The van der Waals surface area contributed by atoms with E-state index >= 15 is 0 Å². The number of hydrogen-bond acceptors (Lipinski definition) is 12. The van der Waals surface area contributed by atoms with Gasteiger partial charge in [0.2, 0.25) is 5.95 Å². The molecule has 1 aromatic carbocycles. The maximum atomic E-state index is 12.9. The molecule has 16 heteroatoms. The molecule has 43 heavy (non-hydrogen) atoms. The molecule has 0 spiro atoms. The minimum absolute atomic E-state index is 0.0156. The Hall–Kier alpha value is -3.35. The quantitative estimate of drug-likeness (QED) is 0.123. The van der Waals surface area contributed by atoms with Crippen molar-refractivity contribution in [3.8, 4) is 18.1 Å². The zero-order valence-corrected chi connectivity index (χ0v) is 25.0. The van der Waals surface area contributed by atoms with Crippen LogP contribution < -0.4 is 20.9 Å². The van der Waals surface area contributed by atoms with Gasteiger partial charge in [0, 0.05) is 0 Å². The number of para-hydroxylation sites is 1. The Kier molecular flexibility index (Phi) is 9.19. The maximum absolute atomic E-state index is 12.9. The van der Waals surface area contributed by atoms with E-state index in [0.29, 0.717) is 5.75 Å².